The minimum atomic E-state index is -1.12. The first-order valence-electron chi connectivity index (χ1n) is 8.96. The van der Waals surface area contributed by atoms with Crippen LogP contribution in [0.3, 0.4) is 0 Å². The number of carbonyl (C=O) groups excluding carboxylic acids is 3. The fourth-order valence-corrected chi connectivity index (χ4v) is 2.97. The van der Waals surface area contributed by atoms with E-state index in [0.29, 0.717) is 5.69 Å². The van der Waals surface area contributed by atoms with E-state index in [0.717, 1.165) is 31.2 Å². The van der Waals surface area contributed by atoms with Crippen molar-refractivity contribution >= 4 is 17.9 Å². The van der Waals surface area contributed by atoms with Gasteiger partial charge in [0.2, 0.25) is 0 Å². The Kier molecular flexibility index (Phi) is 5.85. The number of imide groups is 1. The molecular weight excluding hydrogens is 348 g/mol. The predicted molar refractivity (Wildman–Crippen MR) is 97.8 cm³/mol. The van der Waals surface area contributed by atoms with E-state index < -0.39 is 24.0 Å². The number of hydrogen-bond donors (Lipinski definition) is 3. The van der Waals surface area contributed by atoms with Crippen molar-refractivity contribution in [3.05, 3.63) is 42.1 Å². The number of rotatable bonds is 5. The van der Waals surface area contributed by atoms with Gasteiger partial charge in [0.15, 0.2) is 6.10 Å². The highest BCUT2D eigenvalue weighted by molar-refractivity contribution is 5.98. The standard InChI is InChI=1S/C19H22N4O4/c1-12(17(24)21-19(26)20-14-9-5-6-10-14)27-18(25)16-11-15(22-23-16)13-7-3-2-4-8-13/h2-4,7-8,11-12,14H,5-6,9-10H2,1H3,(H,22,23)(H2,20,21,24,26)/t12-/m0/s1. The highest BCUT2D eigenvalue weighted by Gasteiger charge is 2.24. The summed E-state index contributed by atoms with van der Waals surface area (Å²) in [6, 6.07) is 10.4. The van der Waals surface area contributed by atoms with Crippen LogP contribution in [0.5, 0.6) is 0 Å². The molecule has 1 saturated carbocycles. The van der Waals surface area contributed by atoms with Crippen LogP contribution < -0.4 is 10.6 Å². The highest BCUT2D eigenvalue weighted by Crippen LogP contribution is 2.18. The van der Waals surface area contributed by atoms with Crippen molar-refractivity contribution < 1.29 is 19.1 Å². The van der Waals surface area contributed by atoms with Crippen molar-refractivity contribution in [2.75, 3.05) is 0 Å². The lowest BCUT2D eigenvalue weighted by molar-refractivity contribution is -0.127. The summed E-state index contributed by atoms with van der Waals surface area (Å²) in [6.45, 7) is 1.41. The zero-order valence-corrected chi connectivity index (χ0v) is 15.0. The largest absolute Gasteiger partial charge is 0.448 e. The quantitative estimate of drug-likeness (QED) is 0.700. The molecular formula is C19H22N4O4. The zero-order chi connectivity index (χ0) is 19.2. The Balaban J connectivity index is 1.51. The highest BCUT2D eigenvalue weighted by atomic mass is 16.5. The van der Waals surface area contributed by atoms with Gasteiger partial charge in [-0.05, 0) is 25.8 Å². The van der Waals surface area contributed by atoms with E-state index in [1.807, 2.05) is 30.3 Å². The molecule has 8 nitrogen and oxygen atoms in total. The molecule has 1 heterocycles. The SMILES string of the molecule is C[C@H](OC(=O)c1cc(-c2ccccc2)n[nH]1)C(=O)NC(=O)NC1CCCC1. The van der Waals surface area contributed by atoms with Gasteiger partial charge in [0, 0.05) is 11.6 Å². The van der Waals surface area contributed by atoms with Crippen LogP contribution in [0.2, 0.25) is 0 Å². The zero-order valence-electron chi connectivity index (χ0n) is 15.0. The average molecular weight is 370 g/mol. The van der Waals surface area contributed by atoms with E-state index in [9.17, 15) is 14.4 Å². The van der Waals surface area contributed by atoms with Crippen molar-refractivity contribution in [3.8, 4) is 11.3 Å². The van der Waals surface area contributed by atoms with Crippen molar-refractivity contribution in [2.24, 2.45) is 0 Å². The van der Waals surface area contributed by atoms with Gasteiger partial charge in [-0.1, -0.05) is 43.2 Å². The Morgan fingerprint density at radius 1 is 1.19 bits per heavy atom. The first-order valence-corrected chi connectivity index (χ1v) is 8.96. The number of aromatic nitrogens is 2. The lowest BCUT2D eigenvalue weighted by Crippen LogP contribution is -2.47. The summed E-state index contributed by atoms with van der Waals surface area (Å²) >= 11 is 0. The van der Waals surface area contributed by atoms with E-state index in [2.05, 4.69) is 20.8 Å². The first-order chi connectivity index (χ1) is 13.0. The van der Waals surface area contributed by atoms with Crippen LogP contribution in [0.25, 0.3) is 11.3 Å². The summed E-state index contributed by atoms with van der Waals surface area (Å²) in [5, 5.41) is 11.6. The van der Waals surface area contributed by atoms with Gasteiger partial charge in [-0.15, -0.1) is 0 Å². The molecule has 3 rings (SSSR count). The molecule has 3 N–H and O–H groups in total. The molecule has 3 amide bonds. The number of carbonyl (C=O) groups is 3. The third-order valence-corrected chi connectivity index (χ3v) is 4.45. The maximum atomic E-state index is 12.2. The lowest BCUT2D eigenvalue weighted by atomic mass is 10.1. The number of benzene rings is 1. The number of nitrogens with zero attached hydrogens (tertiary/aromatic N) is 1. The molecule has 1 aromatic carbocycles. The average Bonchev–Trinajstić information content (AvgIpc) is 3.34. The molecule has 0 bridgehead atoms. The molecule has 0 radical (unpaired) electrons. The monoisotopic (exact) mass is 370 g/mol. The van der Waals surface area contributed by atoms with Gasteiger partial charge >= 0.3 is 12.0 Å². The number of nitrogens with one attached hydrogen (secondary N) is 3. The van der Waals surface area contributed by atoms with Crippen LogP contribution in [0.4, 0.5) is 4.79 Å². The van der Waals surface area contributed by atoms with Crippen molar-refractivity contribution in [1.82, 2.24) is 20.8 Å². The second-order valence-electron chi connectivity index (χ2n) is 6.52. The van der Waals surface area contributed by atoms with Crippen molar-refractivity contribution in [2.45, 2.75) is 44.8 Å². The maximum absolute atomic E-state index is 12.2. The van der Waals surface area contributed by atoms with Crippen LogP contribution >= 0.6 is 0 Å². The van der Waals surface area contributed by atoms with Crippen LogP contribution in [0.1, 0.15) is 43.1 Å². The van der Waals surface area contributed by atoms with E-state index in [-0.39, 0.29) is 11.7 Å². The van der Waals surface area contributed by atoms with Crippen LogP contribution in [-0.4, -0.2) is 40.3 Å². The van der Waals surface area contributed by atoms with E-state index in [4.69, 9.17) is 4.74 Å². The number of aromatic amines is 1. The van der Waals surface area contributed by atoms with Gasteiger partial charge in [0.25, 0.3) is 5.91 Å². The third-order valence-electron chi connectivity index (χ3n) is 4.45. The molecule has 0 aliphatic heterocycles. The number of urea groups is 1. The van der Waals surface area contributed by atoms with Crippen LogP contribution in [0, 0.1) is 0 Å². The van der Waals surface area contributed by atoms with Gasteiger partial charge in [-0.25, -0.2) is 9.59 Å². The Morgan fingerprint density at radius 2 is 1.89 bits per heavy atom. The second-order valence-corrected chi connectivity index (χ2v) is 6.52. The maximum Gasteiger partial charge on any atom is 0.357 e. The Labute approximate surface area is 156 Å². The van der Waals surface area contributed by atoms with E-state index in [1.54, 1.807) is 6.07 Å². The Bertz CT molecular complexity index is 812. The van der Waals surface area contributed by atoms with Gasteiger partial charge in [-0.2, -0.15) is 5.10 Å². The number of hydrogen-bond acceptors (Lipinski definition) is 5. The Morgan fingerprint density at radius 3 is 2.59 bits per heavy atom. The first kappa shape index (κ1) is 18.6. The fraction of sp³-hybridized carbons (Fsp3) is 0.368. The summed E-state index contributed by atoms with van der Waals surface area (Å²) in [7, 11) is 0. The lowest BCUT2D eigenvalue weighted by Gasteiger charge is -2.15. The molecule has 2 aromatic rings. The van der Waals surface area contributed by atoms with Gasteiger partial charge in [-0.3, -0.25) is 15.2 Å². The summed E-state index contributed by atoms with van der Waals surface area (Å²) in [4.78, 5) is 36.1. The Hall–Kier alpha value is -3.16. The number of H-pyrrole nitrogens is 1. The molecule has 142 valence electrons. The third kappa shape index (κ3) is 4.93. The van der Waals surface area contributed by atoms with Gasteiger partial charge in [0.05, 0.1) is 5.69 Å². The van der Waals surface area contributed by atoms with E-state index in [1.165, 1.54) is 6.92 Å². The fourth-order valence-electron chi connectivity index (χ4n) is 2.97. The summed E-state index contributed by atoms with van der Waals surface area (Å²) in [6.07, 6.45) is 2.85. The summed E-state index contributed by atoms with van der Waals surface area (Å²) < 4.78 is 5.12. The normalized spacial score (nSPS) is 15.1. The minimum Gasteiger partial charge on any atom is -0.448 e. The van der Waals surface area contributed by atoms with Crippen molar-refractivity contribution in [1.29, 1.82) is 0 Å². The molecule has 8 heteroatoms. The van der Waals surface area contributed by atoms with Gasteiger partial charge < -0.3 is 10.1 Å². The van der Waals surface area contributed by atoms with Crippen molar-refractivity contribution in [3.63, 3.8) is 0 Å². The molecule has 1 aliphatic carbocycles. The molecule has 0 spiro atoms. The molecule has 1 atom stereocenters. The molecule has 0 unspecified atom stereocenters. The molecule has 1 aliphatic rings. The topological polar surface area (TPSA) is 113 Å². The molecule has 0 saturated heterocycles. The number of ether oxygens (including phenoxy) is 1. The smallest absolute Gasteiger partial charge is 0.357 e. The summed E-state index contributed by atoms with van der Waals surface area (Å²) in [5.41, 5.74) is 1.57. The second kappa shape index (κ2) is 8.48. The van der Waals surface area contributed by atoms with Gasteiger partial charge in [0.1, 0.15) is 5.69 Å². The number of amides is 3. The van der Waals surface area contributed by atoms with Crippen LogP contribution in [0.15, 0.2) is 36.4 Å². The molecule has 27 heavy (non-hydrogen) atoms. The predicted octanol–water partition coefficient (Wildman–Crippen LogP) is 2.39. The van der Waals surface area contributed by atoms with E-state index >= 15 is 0 Å². The molecule has 1 fully saturated rings. The molecule has 1 aromatic heterocycles. The minimum absolute atomic E-state index is 0.0945. The summed E-state index contributed by atoms with van der Waals surface area (Å²) in [5.74, 6) is -1.40. The number of esters is 1. The van der Waals surface area contributed by atoms with Crippen LogP contribution in [-0.2, 0) is 9.53 Å².